The lowest BCUT2D eigenvalue weighted by molar-refractivity contribution is -0.145. The van der Waals surface area contributed by atoms with Gasteiger partial charge in [-0.15, -0.1) is 0 Å². The molecule has 1 aromatic carbocycles. The topological polar surface area (TPSA) is 55.4 Å². The van der Waals surface area contributed by atoms with Crippen LogP contribution < -0.4 is 5.32 Å². The van der Waals surface area contributed by atoms with Gasteiger partial charge in [0.05, 0.1) is 11.8 Å². The second-order valence-corrected chi connectivity index (χ2v) is 6.73. The SMILES string of the molecule is Cc1ccc(NC(=O)[C@@H]2[C@@H]3C[C@H]4[C@H]2C(=O)O[C@@H]4C3)c(C)c1. The molecule has 4 heteroatoms. The first-order valence-corrected chi connectivity index (χ1v) is 7.63. The van der Waals surface area contributed by atoms with E-state index in [1.807, 2.05) is 26.0 Å². The maximum absolute atomic E-state index is 12.7. The summed E-state index contributed by atoms with van der Waals surface area (Å²) in [5, 5.41) is 3.02. The number of benzene rings is 1. The minimum atomic E-state index is -0.209. The van der Waals surface area contributed by atoms with Crippen LogP contribution in [0, 0.1) is 37.5 Å². The summed E-state index contributed by atoms with van der Waals surface area (Å²) < 4.78 is 5.39. The molecule has 0 radical (unpaired) electrons. The van der Waals surface area contributed by atoms with E-state index in [9.17, 15) is 9.59 Å². The molecule has 3 aliphatic rings. The van der Waals surface area contributed by atoms with Gasteiger partial charge < -0.3 is 10.1 Å². The van der Waals surface area contributed by atoms with Crippen molar-refractivity contribution in [3.63, 3.8) is 0 Å². The van der Waals surface area contributed by atoms with Gasteiger partial charge in [-0.2, -0.15) is 0 Å². The minimum Gasteiger partial charge on any atom is -0.462 e. The van der Waals surface area contributed by atoms with Gasteiger partial charge in [0.2, 0.25) is 5.91 Å². The van der Waals surface area contributed by atoms with Crippen molar-refractivity contribution in [2.75, 3.05) is 5.32 Å². The molecule has 1 aromatic rings. The predicted molar refractivity (Wildman–Crippen MR) is 77.6 cm³/mol. The predicted octanol–water partition coefficient (Wildman–Crippen LogP) is 2.44. The largest absolute Gasteiger partial charge is 0.462 e. The highest BCUT2D eigenvalue weighted by atomic mass is 16.6. The fraction of sp³-hybridized carbons (Fsp3) is 0.529. The molecule has 2 aliphatic carbocycles. The second kappa shape index (κ2) is 4.33. The first kappa shape index (κ1) is 12.9. The Morgan fingerprint density at radius 2 is 2.10 bits per heavy atom. The average molecular weight is 285 g/mol. The highest BCUT2D eigenvalue weighted by Gasteiger charge is 2.63. The number of carbonyl (C=O) groups excluding carboxylic acids is 2. The summed E-state index contributed by atoms with van der Waals surface area (Å²) in [4.78, 5) is 24.6. The maximum Gasteiger partial charge on any atom is 0.310 e. The molecule has 2 bridgehead atoms. The summed E-state index contributed by atoms with van der Waals surface area (Å²) in [5.74, 6) is -0.0106. The van der Waals surface area contributed by atoms with Crippen molar-refractivity contribution >= 4 is 17.6 Å². The van der Waals surface area contributed by atoms with Gasteiger partial charge in [0.25, 0.3) is 0 Å². The fourth-order valence-corrected chi connectivity index (χ4v) is 4.53. The zero-order chi connectivity index (χ0) is 14.7. The number of hydrogen-bond donors (Lipinski definition) is 1. The lowest BCUT2D eigenvalue weighted by Crippen LogP contribution is -2.36. The minimum absolute atomic E-state index is 0.0169. The van der Waals surface area contributed by atoms with Crippen LogP contribution in [0.3, 0.4) is 0 Å². The van der Waals surface area contributed by atoms with E-state index in [1.165, 1.54) is 5.56 Å². The molecule has 5 atom stereocenters. The number of esters is 1. The van der Waals surface area contributed by atoms with E-state index >= 15 is 0 Å². The van der Waals surface area contributed by atoms with Gasteiger partial charge in [-0.25, -0.2) is 0 Å². The number of hydrogen-bond acceptors (Lipinski definition) is 3. The number of rotatable bonds is 2. The highest BCUT2D eigenvalue weighted by Crippen LogP contribution is 2.57. The third-order valence-corrected chi connectivity index (χ3v) is 5.43. The van der Waals surface area contributed by atoms with E-state index in [1.54, 1.807) is 0 Å². The number of anilines is 1. The van der Waals surface area contributed by atoms with Gasteiger partial charge in [-0.1, -0.05) is 17.7 Å². The smallest absolute Gasteiger partial charge is 0.310 e. The number of nitrogens with one attached hydrogen (secondary N) is 1. The summed E-state index contributed by atoms with van der Waals surface area (Å²) in [6, 6.07) is 5.98. The number of fused-ring (bicyclic) bond motifs is 1. The zero-order valence-electron chi connectivity index (χ0n) is 12.3. The lowest BCUT2D eigenvalue weighted by atomic mass is 9.79. The van der Waals surface area contributed by atoms with Crippen LogP contribution >= 0.6 is 0 Å². The van der Waals surface area contributed by atoms with Crippen molar-refractivity contribution in [3.05, 3.63) is 29.3 Å². The van der Waals surface area contributed by atoms with Crippen LogP contribution in [0.25, 0.3) is 0 Å². The van der Waals surface area contributed by atoms with Gasteiger partial charge in [0, 0.05) is 11.6 Å². The van der Waals surface area contributed by atoms with Crippen molar-refractivity contribution in [3.8, 4) is 0 Å². The van der Waals surface area contributed by atoms with Crippen LogP contribution in [0.4, 0.5) is 5.69 Å². The van der Waals surface area contributed by atoms with E-state index in [2.05, 4.69) is 11.4 Å². The van der Waals surface area contributed by atoms with Gasteiger partial charge in [0.15, 0.2) is 0 Å². The Morgan fingerprint density at radius 3 is 2.86 bits per heavy atom. The average Bonchev–Trinajstić information content (AvgIpc) is 3.02. The summed E-state index contributed by atoms with van der Waals surface area (Å²) >= 11 is 0. The molecule has 0 unspecified atom stereocenters. The van der Waals surface area contributed by atoms with E-state index in [4.69, 9.17) is 4.74 Å². The van der Waals surface area contributed by atoms with Crippen LogP contribution in [0.5, 0.6) is 0 Å². The fourth-order valence-electron chi connectivity index (χ4n) is 4.53. The molecule has 1 N–H and O–H groups in total. The second-order valence-electron chi connectivity index (χ2n) is 6.73. The lowest BCUT2D eigenvalue weighted by Gasteiger charge is -2.24. The Balaban J connectivity index is 1.57. The van der Waals surface area contributed by atoms with E-state index < -0.39 is 0 Å². The quantitative estimate of drug-likeness (QED) is 0.849. The van der Waals surface area contributed by atoms with Crippen LogP contribution in [0.1, 0.15) is 24.0 Å². The standard InChI is InChI=1S/C17H19NO3/c1-8-3-4-12(9(2)5-8)18-16(19)14-10-6-11-13(7-10)21-17(20)15(11)14/h3-5,10-11,13-15H,6-7H2,1-2H3,(H,18,19)/t10-,11-,13-,14-,15-/m1/s1. The molecule has 1 aliphatic heterocycles. The number of amides is 1. The normalized spacial score (nSPS) is 35.9. The molecule has 21 heavy (non-hydrogen) atoms. The number of aryl methyl sites for hydroxylation is 2. The number of carbonyl (C=O) groups is 2. The molecule has 4 rings (SSSR count). The molecule has 0 aromatic heterocycles. The van der Waals surface area contributed by atoms with Crippen molar-refractivity contribution in [1.29, 1.82) is 0 Å². The van der Waals surface area contributed by atoms with Crippen molar-refractivity contribution in [2.45, 2.75) is 32.8 Å². The third-order valence-electron chi connectivity index (χ3n) is 5.43. The molecule has 1 saturated heterocycles. The molecule has 4 nitrogen and oxygen atoms in total. The summed E-state index contributed by atoms with van der Waals surface area (Å²) in [6.45, 7) is 4.02. The molecular weight excluding hydrogens is 266 g/mol. The van der Waals surface area contributed by atoms with E-state index in [0.29, 0.717) is 5.92 Å². The molecule has 0 spiro atoms. The molecular formula is C17H19NO3. The van der Waals surface area contributed by atoms with Crippen molar-refractivity contribution in [1.82, 2.24) is 0 Å². The van der Waals surface area contributed by atoms with Crippen LogP contribution in [0.15, 0.2) is 18.2 Å². The van der Waals surface area contributed by atoms with E-state index in [-0.39, 0.29) is 35.7 Å². The van der Waals surface area contributed by atoms with Crippen molar-refractivity contribution < 1.29 is 14.3 Å². The first-order chi connectivity index (χ1) is 10.0. The van der Waals surface area contributed by atoms with Gasteiger partial charge in [-0.3, -0.25) is 9.59 Å². The Bertz CT molecular complexity index is 637. The van der Waals surface area contributed by atoms with Gasteiger partial charge >= 0.3 is 5.97 Å². The van der Waals surface area contributed by atoms with Crippen LogP contribution in [-0.4, -0.2) is 18.0 Å². The van der Waals surface area contributed by atoms with Gasteiger partial charge in [0.1, 0.15) is 6.10 Å². The first-order valence-electron chi connectivity index (χ1n) is 7.63. The maximum atomic E-state index is 12.7. The van der Waals surface area contributed by atoms with Crippen molar-refractivity contribution in [2.24, 2.45) is 23.7 Å². The zero-order valence-corrected chi connectivity index (χ0v) is 12.3. The molecule has 2 saturated carbocycles. The monoisotopic (exact) mass is 285 g/mol. The highest BCUT2D eigenvalue weighted by molar-refractivity contribution is 5.97. The summed E-state index contributed by atoms with van der Waals surface area (Å²) in [6.07, 6.45) is 1.90. The Morgan fingerprint density at radius 1 is 1.29 bits per heavy atom. The molecule has 1 amide bonds. The Labute approximate surface area is 123 Å². The molecule has 3 fully saturated rings. The Hall–Kier alpha value is -1.84. The molecule has 110 valence electrons. The molecule has 1 heterocycles. The number of ether oxygens (including phenoxy) is 1. The summed E-state index contributed by atoms with van der Waals surface area (Å²) in [7, 11) is 0. The summed E-state index contributed by atoms with van der Waals surface area (Å²) in [5.41, 5.74) is 3.07. The third kappa shape index (κ3) is 1.81. The Kier molecular flexibility index (Phi) is 2.65. The van der Waals surface area contributed by atoms with Crippen LogP contribution in [-0.2, 0) is 14.3 Å². The van der Waals surface area contributed by atoms with Crippen LogP contribution in [0.2, 0.25) is 0 Å². The van der Waals surface area contributed by atoms with E-state index in [0.717, 1.165) is 24.1 Å². The van der Waals surface area contributed by atoms with Gasteiger partial charge in [-0.05, 0) is 44.2 Å².